The van der Waals surface area contributed by atoms with Gasteiger partial charge in [0.25, 0.3) is 5.91 Å². The number of ether oxygens (including phenoxy) is 1. The summed E-state index contributed by atoms with van der Waals surface area (Å²) in [5, 5.41) is 12.5. The minimum atomic E-state index is -5.03. The number of nitrogens with one attached hydrogen (secondary N) is 2. The van der Waals surface area contributed by atoms with E-state index in [1.165, 1.54) is 0 Å². The molecule has 210 valence electrons. The van der Waals surface area contributed by atoms with E-state index in [0.717, 1.165) is 54.8 Å². The number of alkyl halides is 3. The van der Waals surface area contributed by atoms with Gasteiger partial charge in [-0.05, 0) is 37.4 Å². The summed E-state index contributed by atoms with van der Waals surface area (Å²) in [5.74, 6) is -3.66. The first kappa shape index (κ1) is 30.1. The Labute approximate surface area is 229 Å². The Hall–Kier alpha value is -3.40. The number of amides is 2. The van der Waals surface area contributed by atoms with Crippen LogP contribution in [0.2, 0.25) is 0 Å². The maximum Gasteiger partial charge on any atom is 0.573 e. The van der Waals surface area contributed by atoms with Crippen molar-refractivity contribution in [1.82, 2.24) is 20.0 Å². The van der Waals surface area contributed by atoms with E-state index in [1.807, 2.05) is 11.9 Å². The number of piperazine rings is 1. The summed E-state index contributed by atoms with van der Waals surface area (Å²) < 4.78 is 69.8. The molecule has 1 aliphatic heterocycles. The van der Waals surface area contributed by atoms with Crippen molar-refractivity contribution in [2.45, 2.75) is 6.36 Å². The molecule has 0 unspecified atom stereocenters. The van der Waals surface area contributed by atoms with E-state index >= 15 is 0 Å². The van der Waals surface area contributed by atoms with Gasteiger partial charge in [-0.15, -0.1) is 35.8 Å². The molecular formula is C23H22ClF5N6O3S. The molecule has 1 aromatic heterocycles. The van der Waals surface area contributed by atoms with Crippen LogP contribution in [0.1, 0.15) is 10.4 Å². The fourth-order valence-electron chi connectivity index (χ4n) is 3.62. The highest BCUT2D eigenvalue weighted by molar-refractivity contribution is 7.18. The number of likely N-dealkylation sites (N-methyl/N-ethyl adjacent to an activating group) is 1. The summed E-state index contributed by atoms with van der Waals surface area (Å²) in [7, 11) is 1.94. The first-order chi connectivity index (χ1) is 17.9. The zero-order valence-electron chi connectivity index (χ0n) is 20.2. The van der Waals surface area contributed by atoms with Crippen LogP contribution in [0.3, 0.4) is 0 Å². The molecule has 1 aliphatic rings. The summed E-state index contributed by atoms with van der Waals surface area (Å²) in [4.78, 5) is 29.3. The third kappa shape index (κ3) is 8.54. The molecule has 9 nitrogen and oxygen atoms in total. The molecule has 1 saturated heterocycles. The number of carbonyl (C=O) groups is 2. The molecule has 4 rings (SSSR count). The maximum absolute atomic E-state index is 13.5. The van der Waals surface area contributed by atoms with Crippen LogP contribution in [0.25, 0.3) is 10.6 Å². The van der Waals surface area contributed by atoms with Crippen LogP contribution in [0, 0.1) is 11.6 Å². The largest absolute Gasteiger partial charge is 0.573 e. The molecule has 0 aliphatic carbocycles. The van der Waals surface area contributed by atoms with E-state index in [0.29, 0.717) is 19.2 Å². The molecule has 16 heteroatoms. The quantitative estimate of drug-likeness (QED) is 0.396. The highest BCUT2D eigenvalue weighted by Crippen LogP contribution is 2.32. The first-order valence-corrected chi connectivity index (χ1v) is 12.0. The second-order valence-electron chi connectivity index (χ2n) is 8.41. The highest BCUT2D eigenvalue weighted by Gasteiger charge is 2.33. The monoisotopic (exact) mass is 592 g/mol. The number of anilines is 2. The Morgan fingerprint density at radius 3 is 2.31 bits per heavy atom. The van der Waals surface area contributed by atoms with E-state index in [1.54, 1.807) is 0 Å². The van der Waals surface area contributed by atoms with Crippen molar-refractivity contribution in [1.29, 1.82) is 0 Å². The lowest BCUT2D eigenvalue weighted by Gasteiger charge is -2.31. The Morgan fingerprint density at radius 1 is 1.00 bits per heavy atom. The third-order valence-electron chi connectivity index (χ3n) is 5.46. The molecule has 2 N–H and O–H groups in total. The van der Waals surface area contributed by atoms with Crippen LogP contribution >= 0.6 is 23.7 Å². The molecule has 0 saturated carbocycles. The van der Waals surface area contributed by atoms with Crippen molar-refractivity contribution in [3.05, 3.63) is 53.6 Å². The second kappa shape index (κ2) is 12.6. The molecule has 3 aromatic rings. The van der Waals surface area contributed by atoms with Crippen molar-refractivity contribution in [2.24, 2.45) is 0 Å². The van der Waals surface area contributed by atoms with Crippen LogP contribution in [0.5, 0.6) is 5.75 Å². The standard InChI is InChI=1S/C23H21F5N6O3S.ClH/c1-33-4-6-34(7-5-33)12-19(35)29-17-10-13(2-3-18(17)37-23(26,27)28)20(36)30-22-32-31-21(38-22)14-8-15(24)11-16(25)9-14;/h2-3,8-11H,4-7,12H2,1H3,(H,29,35)(H,30,32,36);1H. The lowest BCUT2D eigenvalue weighted by molar-refractivity contribution is -0.274. The van der Waals surface area contributed by atoms with Crippen LogP contribution in [0.15, 0.2) is 36.4 Å². The molecule has 2 heterocycles. The molecular weight excluding hydrogens is 571 g/mol. The van der Waals surface area contributed by atoms with Crippen molar-refractivity contribution < 1.29 is 36.3 Å². The highest BCUT2D eigenvalue weighted by atomic mass is 35.5. The number of rotatable bonds is 7. The van der Waals surface area contributed by atoms with E-state index in [-0.39, 0.29) is 45.9 Å². The van der Waals surface area contributed by atoms with Gasteiger partial charge in [0.2, 0.25) is 11.0 Å². The first-order valence-electron chi connectivity index (χ1n) is 11.2. The normalized spacial score (nSPS) is 14.4. The van der Waals surface area contributed by atoms with Gasteiger partial charge in [-0.3, -0.25) is 19.8 Å². The van der Waals surface area contributed by atoms with Crippen LogP contribution in [-0.2, 0) is 4.79 Å². The minimum absolute atomic E-state index is 0. The second-order valence-corrected chi connectivity index (χ2v) is 9.39. The van der Waals surface area contributed by atoms with Gasteiger partial charge in [0.1, 0.15) is 16.6 Å². The van der Waals surface area contributed by atoms with Gasteiger partial charge < -0.3 is 15.0 Å². The van der Waals surface area contributed by atoms with Gasteiger partial charge in [0, 0.05) is 43.4 Å². The Bertz CT molecular complexity index is 1310. The van der Waals surface area contributed by atoms with Gasteiger partial charge in [-0.2, -0.15) is 0 Å². The maximum atomic E-state index is 13.5. The molecule has 0 radical (unpaired) electrons. The SMILES string of the molecule is CN1CCN(CC(=O)Nc2cc(C(=O)Nc3nnc(-c4cc(F)cc(F)c4)s3)ccc2OC(F)(F)F)CC1.Cl. The van der Waals surface area contributed by atoms with Gasteiger partial charge in [0.05, 0.1) is 12.2 Å². The smallest absolute Gasteiger partial charge is 0.404 e. The molecule has 1 fully saturated rings. The number of nitrogens with zero attached hydrogens (tertiary/aromatic N) is 4. The van der Waals surface area contributed by atoms with Gasteiger partial charge >= 0.3 is 6.36 Å². The number of aromatic nitrogens is 2. The molecule has 0 spiro atoms. The molecule has 0 atom stereocenters. The third-order valence-corrected chi connectivity index (χ3v) is 6.35. The Kier molecular flexibility index (Phi) is 9.77. The fourth-order valence-corrected chi connectivity index (χ4v) is 4.34. The molecule has 2 aromatic carbocycles. The summed E-state index contributed by atoms with van der Waals surface area (Å²) in [5.41, 5.74) is -0.343. The number of carbonyl (C=O) groups excluding carboxylic acids is 2. The zero-order valence-corrected chi connectivity index (χ0v) is 21.9. The van der Waals surface area contributed by atoms with Crippen LogP contribution in [0.4, 0.5) is 32.8 Å². The zero-order chi connectivity index (χ0) is 27.4. The lowest BCUT2D eigenvalue weighted by Crippen LogP contribution is -2.47. The fraction of sp³-hybridized carbons (Fsp3) is 0.304. The van der Waals surface area contributed by atoms with Gasteiger partial charge in [0.15, 0.2) is 5.75 Å². The number of halogens is 6. The lowest BCUT2D eigenvalue weighted by atomic mass is 10.1. The topological polar surface area (TPSA) is 99.7 Å². The Morgan fingerprint density at radius 2 is 1.67 bits per heavy atom. The molecule has 39 heavy (non-hydrogen) atoms. The van der Waals surface area contributed by atoms with Crippen LogP contribution in [-0.4, -0.2) is 77.9 Å². The van der Waals surface area contributed by atoms with Gasteiger partial charge in [-0.1, -0.05) is 11.3 Å². The summed E-state index contributed by atoms with van der Waals surface area (Å²) in [6.07, 6.45) is -5.03. The predicted octanol–water partition coefficient (Wildman–Crippen LogP) is 4.24. The van der Waals surface area contributed by atoms with Crippen molar-refractivity contribution in [3.8, 4) is 16.3 Å². The molecule has 2 amide bonds. The predicted molar refractivity (Wildman–Crippen MR) is 136 cm³/mol. The van der Waals surface area contributed by atoms with E-state index in [9.17, 15) is 31.5 Å². The van der Waals surface area contributed by atoms with E-state index in [4.69, 9.17) is 0 Å². The summed E-state index contributed by atoms with van der Waals surface area (Å²) in [6, 6.07) is 5.83. The van der Waals surface area contributed by atoms with Crippen molar-refractivity contribution in [2.75, 3.05) is 50.4 Å². The van der Waals surface area contributed by atoms with Crippen molar-refractivity contribution >= 4 is 46.4 Å². The van der Waals surface area contributed by atoms with Gasteiger partial charge in [-0.25, -0.2) is 8.78 Å². The average molecular weight is 593 g/mol. The Balaban J connectivity index is 0.00000420. The van der Waals surface area contributed by atoms with E-state index in [2.05, 4.69) is 30.5 Å². The number of hydrogen-bond acceptors (Lipinski definition) is 8. The number of hydrogen-bond donors (Lipinski definition) is 2. The average Bonchev–Trinajstić information content (AvgIpc) is 3.29. The summed E-state index contributed by atoms with van der Waals surface area (Å²) >= 11 is 0.832. The van der Waals surface area contributed by atoms with Crippen molar-refractivity contribution in [3.63, 3.8) is 0 Å². The minimum Gasteiger partial charge on any atom is -0.404 e. The number of benzene rings is 2. The summed E-state index contributed by atoms with van der Waals surface area (Å²) in [6.45, 7) is 2.67. The molecule has 0 bridgehead atoms. The van der Waals surface area contributed by atoms with E-state index < -0.39 is 35.6 Å². The van der Waals surface area contributed by atoms with Crippen LogP contribution < -0.4 is 15.4 Å².